The van der Waals surface area contributed by atoms with Crippen molar-refractivity contribution in [2.24, 2.45) is 5.92 Å². The molecule has 1 aliphatic rings. The molecule has 1 fully saturated rings. The molecule has 0 spiro atoms. The molecule has 1 rings (SSSR count). The zero-order chi connectivity index (χ0) is 11.5. The van der Waals surface area contributed by atoms with Crippen molar-refractivity contribution >= 4 is 5.91 Å². The van der Waals surface area contributed by atoms with E-state index >= 15 is 0 Å². The lowest BCUT2D eigenvalue weighted by Gasteiger charge is -2.34. The molecule has 0 saturated carbocycles. The van der Waals surface area contributed by atoms with Crippen molar-refractivity contribution in [1.82, 2.24) is 10.2 Å². The molecule has 0 bridgehead atoms. The van der Waals surface area contributed by atoms with E-state index in [4.69, 9.17) is 0 Å². The summed E-state index contributed by atoms with van der Waals surface area (Å²) in [4.78, 5) is 13.2. The molecule has 0 radical (unpaired) electrons. The van der Waals surface area contributed by atoms with Crippen molar-refractivity contribution in [3.63, 3.8) is 0 Å². The van der Waals surface area contributed by atoms with Crippen molar-refractivity contribution in [3.05, 3.63) is 0 Å². The van der Waals surface area contributed by atoms with E-state index in [0.717, 1.165) is 26.1 Å². The fraction of sp³-hybridized carbons (Fsp3) is 0.917. The molecule has 1 N–H and O–H groups in total. The first-order valence-electron chi connectivity index (χ1n) is 5.89. The molecular weight excluding hydrogens is 188 g/mol. The Bertz CT molecular complexity index is 220. The van der Waals surface area contributed by atoms with Crippen LogP contribution in [-0.4, -0.2) is 36.0 Å². The predicted molar refractivity (Wildman–Crippen MR) is 62.7 cm³/mol. The predicted octanol–water partition coefficient (Wildman–Crippen LogP) is 1.63. The molecule has 1 saturated heterocycles. The van der Waals surface area contributed by atoms with Crippen LogP contribution in [0.25, 0.3) is 0 Å². The lowest BCUT2D eigenvalue weighted by Crippen LogP contribution is -2.45. The highest BCUT2D eigenvalue weighted by molar-refractivity contribution is 5.73. The van der Waals surface area contributed by atoms with E-state index in [1.807, 2.05) is 4.90 Å². The van der Waals surface area contributed by atoms with E-state index in [-0.39, 0.29) is 11.4 Å². The third kappa shape index (κ3) is 4.65. The van der Waals surface area contributed by atoms with Crippen LogP contribution in [0.2, 0.25) is 0 Å². The standard InChI is InChI=1S/C12H24N2O/c1-10(15)14-7-5-6-11(9-14)8-13-12(2,3)4/h11,13H,5-9H2,1-4H3. The third-order valence-corrected chi connectivity index (χ3v) is 2.89. The largest absolute Gasteiger partial charge is 0.343 e. The molecule has 3 nitrogen and oxygen atoms in total. The zero-order valence-corrected chi connectivity index (χ0v) is 10.5. The van der Waals surface area contributed by atoms with Crippen molar-refractivity contribution in [3.8, 4) is 0 Å². The molecule has 1 unspecified atom stereocenters. The molecule has 88 valence electrons. The van der Waals surface area contributed by atoms with Crippen molar-refractivity contribution in [2.45, 2.75) is 46.1 Å². The second-order valence-electron chi connectivity index (χ2n) is 5.60. The topological polar surface area (TPSA) is 32.3 Å². The number of piperidine rings is 1. The van der Waals surface area contributed by atoms with Crippen LogP contribution in [0.15, 0.2) is 0 Å². The minimum absolute atomic E-state index is 0.179. The SMILES string of the molecule is CC(=O)N1CCCC(CNC(C)(C)C)C1. The van der Waals surface area contributed by atoms with Gasteiger partial charge in [-0.3, -0.25) is 4.79 Å². The summed E-state index contributed by atoms with van der Waals surface area (Å²) in [5, 5.41) is 3.51. The average Bonchev–Trinajstić information content (AvgIpc) is 2.14. The lowest BCUT2D eigenvalue weighted by molar-refractivity contribution is -0.130. The van der Waals surface area contributed by atoms with Crippen LogP contribution in [0.3, 0.4) is 0 Å². The van der Waals surface area contributed by atoms with Gasteiger partial charge in [-0.25, -0.2) is 0 Å². The highest BCUT2D eigenvalue weighted by Crippen LogP contribution is 2.16. The second-order valence-corrected chi connectivity index (χ2v) is 5.60. The van der Waals surface area contributed by atoms with Gasteiger partial charge < -0.3 is 10.2 Å². The molecular formula is C12H24N2O. The fourth-order valence-electron chi connectivity index (χ4n) is 1.97. The highest BCUT2D eigenvalue weighted by atomic mass is 16.2. The Labute approximate surface area is 93.2 Å². The van der Waals surface area contributed by atoms with Gasteiger partial charge in [0, 0.05) is 32.1 Å². The van der Waals surface area contributed by atoms with Gasteiger partial charge >= 0.3 is 0 Å². The van der Waals surface area contributed by atoms with Gasteiger partial charge in [0.15, 0.2) is 0 Å². The van der Waals surface area contributed by atoms with Crippen LogP contribution < -0.4 is 5.32 Å². The number of carbonyl (C=O) groups is 1. The quantitative estimate of drug-likeness (QED) is 0.754. The van der Waals surface area contributed by atoms with Gasteiger partial charge in [0.2, 0.25) is 5.91 Å². The van der Waals surface area contributed by atoms with Gasteiger partial charge in [0.05, 0.1) is 0 Å². The number of nitrogens with zero attached hydrogens (tertiary/aromatic N) is 1. The Hall–Kier alpha value is -0.570. The molecule has 1 atom stereocenters. The fourth-order valence-corrected chi connectivity index (χ4v) is 1.97. The summed E-state index contributed by atoms with van der Waals surface area (Å²) >= 11 is 0. The summed E-state index contributed by atoms with van der Waals surface area (Å²) < 4.78 is 0. The minimum Gasteiger partial charge on any atom is -0.343 e. The monoisotopic (exact) mass is 212 g/mol. The van der Waals surface area contributed by atoms with Crippen LogP contribution in [-0.2, 0) is 4.79 Å². The Morgan fingerprint density at radius 3 is 2.67 bits per heavy atom. The van der Waals surface area contributed by atoms with E-state index in [1.54, 1.807) is 6.92 Å². The summed E-state index contributed by atoms with van der Waals surface area (Å²) in [7, 11) is 0. The number of hydrogen-bond donors (Lipinski definition) is 1. The first-order chi connectivity index (χ1) is 6.88. The normalized spacial score (nSPS) is 22.9. The summed E-state index contributed by atoms with van der Waals surface area (Å²) in [6.45, 7) is 11.1. The maximum Gasteiger partial charge on any atom is 0.219 e. The summed E-state index contributed by atoms with van der Waals surface area (Å²) in [5.74, 6) is 0.845. The average molecular weight is 212 g/mol. The lowest BCUT2D eigenvalue weighted by atomic mass is 9.96. The molecule has 3 heteroatoms. The summed E-state index contributed by atoms with van der Waals surface area (Å²) in [6, 6.07) is 0. The molecule has 0 aromatic heterocycles. The molecule has 1 aliphatic heterocycles. The molecule has 0 aromatic carbocycles. The second kappa shape index (κ2) is 4.97. The number of nitrogens with one attached hydrogen (secondary N) is 1. The van der Waals surface area contributed by atoms with Crippen molar-refractivity contribution in [2.75, 3.05) is 19.6 Å². The van der Waals surface area contributed by atoms with Gasteiger partial charge in [-0.2, -0.15) is 0 Å². The zero-order valence-electron chi connectivity index (χ0n) is 10.5. The Morgan fingerprint density at radius 2 is 2.13 bits per heavy atom. The summed E-state index contributed by atoms with van der Waals surface area (Å²) in [5.41, 5.74) is 0.179. The Balaban J connectivity index is 2.34. The first-order valence-corrected chi connectivity index (χ1v) is 5.89. The first kappa shape index (κ1) is 12.5. The number of carbonyl (C=O) groups excluding carboxylic acids is 1. The van der Waals surface area contributed by atoms with E-state index in [9.17, 15) is 4.79 Å². The van der Waals surface area contributed by atoms with Gasteiger partial charge in [-0.15, -0.1) is 0 Å². The van der Waals surface area contributed by atoms with Crippen molar-refractivity contribution in [1.29, 1.82) is 0 Å². The number of likely N-dealkylation sites (tertiary alicyclic amines) is 1. The van der Waals surface area contributed by atoms with E-state index in [2.05, 4.69) is 26.1 Å². The van der Waals surface area contributed by atoms with Crippen LogP contribution >= 0.6 is 0 Å². The van der Waals surface area contributed by atoms with Gasteiger partial charge in [-0.05, 0) is 39.5 Å². The molecule has 15 heavy (non-hydrogen) atoms. The smallest absolute Gasteiger partial charge is 0.219 e. The maximum atomic E-state index is 11.3. The minimum atomic E-state index is 0.179. The van der Waals surface area contributed by atoms with E-state index in [1.165, 1.54) is 6.42 Å². The number of rotatable bonds is 2. The Kier molecular flexibility index (Phi) is 4.14. The molecule has 1 heterocycles. The molecule has 1 amide bonds. The number of hydrogen-bond acceptors (Lipinski definition) is 2. The number of amides is 1. The summed E-state index contributed by atoms with van der Waals surface area (Å²) in [6.07, 6.45) is 2.39. The van der Waals surface area contributed by atoms with E-state index in [0.29, 0.717) is 5.92 Å². The highest BCUT2D eigenvalue weighted by Gasteiger charge is 2.22. The van der Waals surface area contributed by atoms with Crippen LogP contribution in [0.4, 0.5) is 0 Å². The van der Waals surface area contributed by atoms with Crippen LogP contribution in [0.1, 0.15) is 40.5 Å². The Morgan fingerprint density at radius 1 is 1.47 bits per heavy atom. The molecule has 0 aromatic rings. The van der Waals surface area contributed by atoms with Crippen LogP contribution in [0, 0.1) is 5.92 Å². The van der Waals surface area contributed by atoms with Gasteiger partial charge in [0.1, 0.15) is 0 Å². The van der Waals surface area contributed by atoms with Crippen molar-refractivity contribution < 1.29 is 4.79 Å². The maximum absolute atomic E-state index is 11.3. The molecule has 0 aliphatic carbocycles. The van der Waals surface area contributed by atoms with E-state index < -0.39 is 0 Å². The van der Waals surface area contributed by atoms with Crippen LogP contribution in [0.5, 0.6) is 0 Å². The van der Waals surface area contributed by atoms with Gasteiger partial charge in [-0.1, -0.05) is 0 Å². The van der Waals surface area contributed by atoms with Gasteiger partial charge in [0.25, 0.3) is 0 Å². The third-order valence-electron chi connectivity index (χ3n) is 2.89.